The van der Waals surface area contributed by atoms with Gasteiger partial charge in [-0.25, -0.2) is 4.98 Å². The standard InChI is InChI=1S/C9H9N3S/c1-6-3-4-8(10-5-6)9-11-7(2)13-12-9/h3-5H,1-2H3. The third kappa shape index (κ3) is 1.72. The van der Waals surface area contributed by atoms with Crippen molar-refractivity contribution in [1.29, 1.82) is 0 Å². The van der Waals surface area contributed by atoms with Crippen LogP contribution in [0, 0.1) is 13.8 Å². The summed E-state index contributed by atoms with van der Waals surface area (Å²) in [7, 11) is 0. The van der Waals surface area contributed by atoms with E-state index in [1.165, 1.54) is 11.5 Å². The molecule has 0 aromatic carbocycles. The van der Waals surface area contributed by atoms with Crippen LogP contribution in [0.1, 0.15) is 10.6 Å². The van der Waals surface area contributed by atoms with Crippen LogP contribution in [0.25, 0.3) is 11.5 Å². The van der Waals surface area contributed by atoms with Crippen molar-refractivity contribution in [2.45, 2.75) is 13.8 Å². The fourth-order valence-corrected chi connectivity index (χ4v) is 1.48. The van der Waals surface area contributed by atoms with Gasteiger partial charge in [0.25, 0.3) is 0 Å². The lowest BCUT2D eigenvalue weighted by Crippen LogP contribution is -1.85. The number of pyridine rings is 1. The summed E-state index contributed by atoms with van der Waals surface area (Å²) in [6.45, 7) is 3.95. The number of hydrogen-bond donors (Lipinski definition) is 0. The van der Waals surface area contributed by atoms with Crippen LogP contribution in [0.3, 0.4) is 0 Å². The Morgan fingerprint density at radius 2 is 2.08 bits per heavy atom. The zero-order valence-electron chi connectivity index (χ0n) is 7.48. The molecule has 0 saturated heterocycles. The van der Waals surface area contributed by atoms with Crippen molar-refractivity contribution in [3.8, 4) is 11.5 Å². The molecule has 2 aromatic heterocycles. The van der Waals surface area contributed by atoms with E-state index in [-0.39, 0.29) is 0 Å². The predicted octanol–water partition coefficient (Wildman–Crippen LogP) is 2.22. The van der Waals surface area contributed by atoms with Crippen LogP contribution in [0.5, 0.6) is 0 Å². The van der Waals surface area contributed by atoms with Crippen LogP contribution in [0.2, 0.25) is 0 Å². The molecule has 0 saturated carbocycles. The maximum Gasteiger partial charge on any atom is 0.191 e. The fraction of sp³-hybridized carbons (Fsp3) is 0.222. The Morgan fingerprint density at radius 1 is 1.23 bits per heavy atom. The van der Waals surface area contributed by atoms with Gasteiger partial charge in [-0.05, 0) is 37.0 Å². The van der Waals surface area contributed by atoms with Crippen molar-refractivity contribution >= 4 is 11.5 Å². The molecule has 0 unspecified atom stereocenters. The predicted molar refractivity (Wildman–Crippen MR) is 52.6 cm³/mol. The van der Waals surface area contributed by atoms with Gasteiger partial charge in [-0.3, -0.25) is 4.98 Å². The summed E-state index contributed by atoms with van der Waals surface area (Å²) in [5.41, 5.74) is 1.99. The average Bonchev–Trinajstić information content (AvgIpc) is 2.53. The van der Waals surface area contributed by atoms with Crippen LogP contribution >= 0.6 is 11.5 Å². The molecule has 66 valence electrons. The quantitative estimate of drug-likeness (QED) is 0.693. The third-order valence-electron chi connectivity index (χ3n) is 1.67. The fourth-order valence-electron chi connectivity index (χ4n) is 1.00. The van der Waals surface area contributed by atoms with Gasteiger partial charge in [0.1, 0.15) is 10.7 Å². The second kappa shape index (κ2) is 3.22. The number of rotatable bonds is 1. The van der Waals surface area contributed by atoms with Crippen LogP contribution in [-0.2, 0) is 0 Å². The molecule has 4 heteroatoms. The SMILES string of the molecule is Cc1ccc(-c2nsc(C)n2)nc1. The van der Waals surface area contributed by atoms with E-state index in [2.05, 4.69) is 14.3 Å². The van der Waals surface area contributed by atoms with E-state index in [0.717, 1.165) is 22.1 Å². The van der Waals surface area contributed by atoms with Crippen molar-refractivity contribution < 1.29 is 0 Å². The minimum atomic E-state index is 0.725. The lowest BCUT2D eigenvalue weighted by Gasteiger charge is -1.93. The maximum absolute atomic E-state index is 4.26. The molecule has 0 aliphatic rings. The minimum Gasteiger partial charge on any atom is -0.253 e. The molecular formula is C9H9N3S. The van der Waals surface area contributed by atoms with E-state index in [4.69, 9.17) is 0 Å². The van der Waals surface area contributed by atoms with E-state index in [1.54, 1.807) is 0 Å². The molecule has 2 aromatic rings. The smallest absolute Gasteiger partial charge is 0.191 e. The number of hydrogen-bond acceptors (Lipinski definition) is 4. The van der Waals surface area contributed by atoms with Crippen molar-refractivity contribution in [2.24, 2.45) is 0 Å². The van der Waals surface area contributed by atoms with Crippen molar-refractivity contribution in [1.82, 2.24) is 14.3 Å². The Hall–Kier alpha value is -1.29. The highest BCUT2D eigenvalue weighted by atomic mass is 32.1. The molecule has 0 bridgehead atoms. The van der Waals surface area contributed by atoms with Gasteiger partial charge in [0.2, 0.25) is 0 Å². The first-order valence-electron chi connectivity index (χ1n) is 3.99. The van der Waals surface area contributed by atoms with E-state index < -0.39 is 0 Å². The Bertz CT molecular complexity index is 405. The molecule has 2 rings (SSSR count). The molecular weight excluding hydrogens is 182 g/mol. The Balaban J connectivity index is 2.41. The van der Waals surface area contributed by atoms with Crippen molar-refractivity contribution in [3.05, 3.63) is 28.9 Å². The van der Waals surface area contributed by atoms with Gasteiger partial charge in [0.15, 0.2) is 5.82 Å². The van der Waals surface area contributed by atoms with Crippen LogP contribution in [-0.4, -0.2) is 14.3 Å². The topological polar surface area (TPSA) is 38.7 Å². The second-order valence-corrected chi connectivity index (χ2v) is 3.81. The van der Waals surface area contributed by atoms with Gasteiger partial charge in [0, 0.05) is 6.20 Å². The van der Waals surface area contributed by atoms with Gasteiger partial charge in [-0.1, -0.05) is 6.07 Å². The normalized spacial score (nSPS) is 10.3. The monoisotopic (exact) mass is 191 g/mol. The molecule has 0 aliphatic heterocycles. The van der Waals surface area contributed by atoms with E-state index in [1.807, 2.05) is 32.2 Å². The molecule has 13 heavy (non-hydrogen) atoms. The number of aryl methyl sites for hydroxylation is 2. The van der Waals surface area contributed by atoms with Gasteiger partial charge in [-0.2, -0.15) is 4.37 Å². The molecule has 0 amide bonds. The summed E-state index contributed by atoms with van der Waals surface area (Å²) in [6.07, 6.45) is 1.83. The summed E-state index contributed by atoms with van der Waals surface area (Å²) < 4.78 is 4.18. The Labute approximate surface area is 80.7 Å². The summed E-state index contributed by atoms with van der Waals surface area (Å²) in [4.78, 5) is 8.50. The minimum absolute atomic E-state index is 0.725. The highest BCUT2D eigenvalue weighted by molar-refractivity contribution is 7.05. The zero-order chi connectivity index (χ0) is 9.26. The van der Waals surface area contributed by atoms with Gasteiger partial charge >= 0.3 is 0 Å². The third-order valence-corrected chi connectivity index (χ3v) is 2.29. The second-order valence-electron chi connectivity index (χ2n) is 2.86. The molecule has 3 nitrogen and oxygen atoms in total. The molecule has 0 aliphatic carbocycles. The first-order valence-corrected chi connectivity index (χ1v) is 4.76. The van der Waals surface area contributed by atoms with E-state index >= 15 is 0 Å². The van der Waals surface area contributed by atoms with Crippen LogP contribution in [0.15, 0.2) is 18.3 Å². The summed E-state index contributed by atoms with van der Waals surface area (Å²) in [6, 6.07) is 3.95. The summed E-state index contributed by atoms with van der Waals surface area (Å²) >= 11 is 1.40. The molecule has 0 atom stereocenters. The lowest BCUT2D eigenvalue weighted by molar-refractivity contribution is 1.19. The highest BCUT2D eigenvalue weighted by Gasteiger charge is 2.03. The lowest BCUT2D eigenvalue weighted by atomic mass is 10.3. The average molecular weight is 191 g/mol. The van der Waals surface area contributed by atoms with Gasteiger partial charge in [-0.15, -0.1) is 0 Å². The van der Waals surface area contributed by atoms with Crippen molar-refractivity contribution in [2.75, 3.05) is 0 Å². The van der Waals surface area contributed by atoms with E-state index in [0.29, 0.717) is 0 Å². The van der Waals surface area contributed by atoms with E-state index in [9.17, 15) is 0 Å². The molecule has 0 radical (unpaired) electrons. The Kier molecular flexibility index (Phi) is 2.06. The van der Waals surface area contributed by atoms with Gasteiger partial charge < -0.3 is 0 Å². The summed E-state index contributed by atoms with van der Waals surface area (Å²) in [5.74, 6) is 0.725. The number of aromatic nitrogens is 3. The largest absolute Gasteiger partial charge is 0.253 e. The van der Waals surface area contributed by atoms with Crippen molar-refractivity contribution in [3.63, 3.8) is 0 Å². The zero-order valence-corrected chi connectivity index (χ0v) is 8.30. The van der Waals surface area contributed by atoms with Crippen LogP contribution in [0.4, 0.5) is 0 Å². The van der Waals surface area contributed by atoms with Gasteiger partial charge in [0.05, 0.1) is 0 Å². The molecule has 0 N–H and O–H groups in total. The molecule has 2 heterocycles. The first kappa shape index (κ1) is 8.31. The highest BCUT2D eigenvalue weighted by Crippen LogP contribution is 2.14. The maximum atomic E-state index is 4.26. The Morgan fingerprint density at radius 3 is 2.62 bits per heavy atom. The molecule has 0 spiro atoms. The summed E-state index contributed by atoms with van der Waals surface area (Å²) in [5, 5.41) is 0.970. The molecule has 0 fully saturated rings. The first-order chi connectivity index (χ1) is 6.25. The number of nitrogens with zero attached hydrogens (tertiary/aromatic N) is 3. The van der Waals surface area contributed by atoms with Crippen LogP contribution < -0.4 is 0 Å².